The summed E-state index contributed by atoms with van der Waals surface area (Å²) < 4.78 is 11.1. The van der Waals surface area contributed by atoms with Crippen LogP contribution in [0.15, 0.2) is 24.3 Å². The zero-order chi connectivity index (χ0) is 12.5. The van der Waals surface area contributed by atoms with Crippen molar-refractivity contribution in [1.29, 1.82) is 0 Å². The molecule has 92 valence electrons. The standard InChI is InChI=1S/C12H14O5/c1-12(8-3-2-4-9(13)5-8)16-7-10(17-12)6-11(14)15/h2-5,10,13H,6-7H2,1H3,(H,14,15). The number of phenols is 1. The molecule has 17 heavy (non-hydrogen) atoms. The van der Waals surface area contributed by atoms with Gasteiger partial charge in [-0.25, -0.2) is 0 Å². The summed E-state index contributed by atoms with van der Waals surface area (Å²) >= 11 is 0. The van der Waals surface area contributed by atoms with Crippen LogP contribution in [-0.4, -0.2) is 28.9 Å². The molecule has 2 unspecified atom stereocenters. The van der Waals surface area contributed by atoms with Gasteiger partial charge in [-0.3, -0.25) is 4.79 Å². The summed E-state index contributed by atoms with van der Waals surface area (Å²) in [5.74, 6) is -1.78. The van der Waals surface area contributed by atoms with Gasteiger partial charge in [0.25, 0.3) is 0 Å². The Kier molecular flexibility index (Phi) is 3.04. The molecule has 2 N–H and O–H groups in total. The summed E-state index contributed by atoms with van der Waals surface area (Å²) in [6.45, 7) is 1.95. The fourth-order valence-electron chi connectivity index (χ4n) is 1.87. The van der Waals surface area contributed by atoms with E-state index in [1.165, 1.54) is 0 Å². The zero-order valence-electron chi connectivity index (χ0n) is 9.42. The Morgan fingerprint density at radius 1 is 1.59 bits per heavy atom. The summed E-state index contributed by atoms with van der Waals surface area (Å²) in [7, 11) is 0. The van der Waals surface area contributed by atoms with Gasteiger partial charge < -0.3 is 19.7 Å². The number of carbonyl (C=O) groups is 1. The van der Waals surface area contributed by atoms with Gasteiger partial charge in [0, 0.05) is 5.56 Å². The Labute approximate surface area is 98.6 Å². The minimum Gasteiger partial charge on any atom is -0.508 e. The maximum absolute atomic E-state index is 10.6. The highest BCUT2D eigenvalue weighted by Crippen LogP contribution is 2.35. The Balaban J connectivity index is 2.14. The van der Waals surface area contributed by atoms with Gasteiger partial charge in [0.1, 0.15) is 5.75 Å². The van der Waals surface area contributed by atoms with Crippen LogP contribution in [0.4, 0.5) is 0 Å². The van der Waals surface area contributed by atoms with Gasteiger partial charge in [0.15, 0.2) is 5.79 Å². The third-order valence-electron chi connectivity index (χ3n) is 2.71. The van der Waals surface area contributed by atoms with Gasteiger partial charge in [-0.2, -0.15) is 0 Å². The van der Waals surface area contributed by atoms with E-state index in [0.29, 0.717) is 5.56 Å². The van der Waals surface area contributed by atoms with Crippen molar-refractivity contribution in [2.45, 2.75) is 25.2 Å². The van der Waals surface area contributed by atoms with Crippen molar-refractivity contribution in [3.63, 3.8) is 0 Å². The summed E-state index contributed by atoms with van der Waals surface area (Å²) in [6, 6.07) is 6.55. The highest BCUT2D eigenvalue weighted by Gasteiger charge is 2.39. The quantitative estimate of drug-likeness (QED) is 0.833. The molecule has 1 saturated heterocycles. The lowest BCUT2D eigenvalue weighted by atomic mass is 10.1. The third-order valence-corrected chi connectivity index (χ3v) is 2.71. The van der Waals surface area contributed by atoms with E-state index in [4.69, 9.17) is 14.6 Å². The van der Waals surface area contributed by atoms with Crippen LogP contribution in [-0.2, 0) is 20.1 Å². The zero-order valence-corrected chi connectivity index (χ0v) is 9.42. The van der Waals surface area contributed by atoms with Crippen molar-refractivity contribution in [2.24, 2.45) is 0 Å². The summed E-state index contributed by atoms with van der Waals surface area (Å²) in [5, 5.41) is 18.1. The van der Waals surface area contributed by atoms with E-state index in [2.05, 4.69) is 0 Å². The van der Waals surface area contributed by atoms with Gasteiger partial charge in [0.05, 0.1) is 19.1 Å². The van der Waals surface area contributed by atoms with Crippen molar-refractivity contribution in [3.8, 4) is 5.75 Å². The van der Waals surface area contributed by atoms with Gasteiger partial charge in [-0.1, -0.05) is 12.1 Å². The molecule has 0 amide bonds. The Morgan fingerprint density at radius 2 is 2.35 bits per heavy atom. The molecule has 0 saturated carbocycles. The van der Waals surface area contributed by atoms with E-state index in [9.17, 15) is 9.90 Å². The SMILES string of the molecule is CC1(c2cccc(O)c2)OCC(CC(=O)O)O1. The molecule has 0 aromatic heterocycles. The smallest absolute Gasteiger partial charge is 0.306 e. The molecule has 1 aromatic carbocycles. The van der Waals surface area contributed by atoms with Gasteiger partial charge in [-0.05, 0) is 19.1 Å². The maximum Gasteiger partial charge on any atom is 0.306 e. The van der Waals surface area contributed by atoms with E-state index >= 15 is 0 Å². The van der Waals surface area contributed by atoms with E-state index in [1.807, 2.05) is 0 Å². The molecule has 0 spiro atoms. The lowest BCUT2D eigenvalue weighted by Crippen LogP contribution is -2.24. The number of aromatic hydroxyl groups is 1. The molecule has 5 nitrogen and oxygen atoms in total. The highest BCUT2D eigenvalue weighted by molar-refractivity contribution is 5.67. The molecule has 0 aliphatic carbocycles. The number of phenolic OH excluding ortho intramolecular Hbond substituents is 1. The number of aliphatic carboxylic acids is 1. The average Bonchev–Trinajstić information content (AvgIpc) is 2.60. The maximum atomic E-state index is 10.6. The molecule has 1 aromatic rings. The molecular formula is C12H14O5. The van der Waals surface area contributed by atoms with E-state index in [1.54, 1.807) is 31.2 Å². The second-order valence-electron chi connectivity index (χ2n) is 4.14. The van der Waals surface area contributed by atoms with Crippen LogP contribution in [0, 0.1) is 0 Å². The molecule has 5 heteroatoms. The van der Waals surface area contributed by atoms with Gasteiger partial charge in [0.2, 0.25) is 0 Å². The summed E-state index contributed by atoms with van der Waals surface area (Å²) in [5.41, 5.74) is 0.672. The van der Waals surface area contributed by atoms with Crippen LogP contribution in [0.2, 0.25) is 0 Å². The van der Waals surface area contributed by atoms with Crippen LogP contribution in [0.3, 0.4) is 0 Å². The fourth-order valence-corrected chi connectivity index (χ4v) is 1.87. The van der Waals surface area contributed by atoms with E-state index in [-0.39, 0.29) is 18.8 Å². The minimum absolute atomic E-state index is 0.0889. The Bertz CT molecular complexity index is 431. The van der Waals surface area contributed by atoms with Crippen molar-refractivity contribution < 1.29 is 24.5 Å². The number of carboxylic acids is 1. The van der Waals surface area contributed by atoms with Crippen molar-refractivity contribution in [3.05, 3.63) is 29.8 Å². The number of hydrogen-bond donors (Lipinski definition) is 2. The first-order valence-electron chi connectivity index (χ1n) is 5.33. The molecule has 1 heterocycles. The van der Waals surface area contributed by atoms with Crippen LogP contribution in [0.25, 0.3) is 0 Å². The van der Waals surface area contributed by atoms with Crippen molar-refractivity contribution in [2.75, 3.05) is 6.61 Å². The van der Waals surface area contributed by atoms with Crippen LogP contribution in [0.1, 0.15) is 18.9 Å². The third kappa shape index (κ3) is 2.57. The predicted molar refractivity (Wildman–Crippen MR) is 58.5 cm³/mol. The predicted octanol–water partition coefficient (Wildman–Crippen LogP) is 1.45. The summed E-state index contributed by atoms with van der Waals surface area (Å²) in [6.07, 6.45) is -0.547. The lowest BCUT2D eigenvalue weighted by Gasteiger charge is -2.23. The van der Waals surface area contributed by atoms with E-state index < -0.39 is 17.9 Å². The highest BCUT2D eigenvalue weighted by atomic mass is 16.7. The monoisotopic (exact) mass is 238 g/mol. The topological polar surface area (TPSA) is 76.0 Å². The number of benzene rings is 1. The number of hydrogen-bond acceptors (Lipinski definition) is 4. The molecule has 2 atom stereocenters. The first-order valence-corrected chi connectivity index (χ1v) is 5.33. The van der Waals surface area contributed by atoms with Crippen LogP contribution < -0.4 is 0 Å². The fraction of sp³-hybridized carbons (Fsp3) is 0.417. The molecule has 0 bridgehead atoms. The molecule has 2 rings (SSSR count). The lowest BCUT2D eigenvalue weighted by molar-refractivity contribution is -0.166. The minimum atomic E-state index is -0.987. The van der Waals surface area contributed by atoms with Crippen LogP contribution >= 0.6 is 0 Å². The first-order chi connectivity index (χ1) is 7.99. The second-order valence-corrected chi connectivity index (χ2v) is 4.14. The molecule has 0 radical (unpaired) electrons. The van der Waals surface area contributed by atoms with Crippen LogP contribution in [0.5, 0.6) is 5.75 Å². The summed E-state index contributed by atoms with van der Waals surface area (Å²) in [4.78, 5) is 10.6. The van der Waals surface area contributed by atoms with Crippen molar-refractivity contribution >= 4 is 5.97 Å². The Morgan fingerprint density at radius 3 is 3.00 bits per heavy atom. The first kappa shape index (κ1) is 11.9. The molecule has 1 aliphatic heterocycles. The molecule has 1 aliphatic rings. The normalized spacial score (nSPS) is 28.2. The van der Waals surface area contributed by atoms with Gasteiger partial charge in [-0.15, -0.1) is 0 Å². The number of carboxylic acid groups (broad SMARTS) is 1. The Hall–Kier alpha value is -1.59. The average molecular weight is 238 g/mol. The van der Waals surface area contributed by atoms with Crippen molar-refractivity contribution in [1.82, 2.24) is 0 Å². The number of rotatable bonds is 3. The van der Waals surface area contributed by atoms with Gasteiger partial charge >= 0.3 is 5.97 Å². The number of ether oxygens (including phenoxy) is 2. The molecular weight excluding hydrogens is 224 g/mol. The largest absolute Gasteiger partial charge is 0.508 e. The van der Waals surface area contributed by atoms with E-state index in [0.717, 1.165) is 0 Å². The second kappa shape index (κ2) is 4.35. The molecule has 1 fully saturated rings.